The molecule has 72 valence electrons. The molecule has 0 aliphatic carbocycles. The van der Waals surface area contributed by atoms with E-state index in [9.17, 15) is 4.21 Å². The van der Waals surface area contributed by atoms with Crippen molar-refractivity contribution in [1.82, 2.24) is 0 Å². The van der Waals surface area contributed by atoms with E-state index >= 15 is 0 Å². The third kappa shape index (κ3) is 2.79. The average Bonchev–Trinajstić information content (AvgIpc) is 2.04. The van der Waals surface area contributed by atoms with E-state index < -0.39 is 10.8 Å². The highest BCUT2D eigenvalue weighted by Crippen LogP contribution is 2.21. The van der Waals surface area contributed by atoms with Gasteiger partial charge in [-0.15, -0.1) is 0 Å². The van der Waals surface area contributed by atoms with Gasteiger partial charge < -0.3 is 10.5 Å². The van der Waals surface area contributed by atoms with Gasteiger partial charge in [0.05, 0.1) is 15.7 Å². The number of anilines is 1. The first kappa shape index (κ1) is 10.7. The molecule has 0 saturated carbocycles. The molecule has 0 aromatic heterocycles. The van der Waals surface area contributed by atoms with Crippen molar-refractivity contribution in [2.24, 2.45) is 0 Å². The van der Waals surface area contributed by atoms with Crippen LogP contribution in [0, 0.1) is 0 Å². The van der Waals surface area contributed by atoms with Gasteiger partial charge in [-0.25, -0.2) is 0 Å². The quantitative estimate of drug-likeness (QED) is 0.846. The van der Waals surface area contributed by atoms with Crippen LogP contribution in [-0.2, 0) is 15.5 Å². The lowest BCUT2D eigenvalue weighted by molar-refractivity contribution is 0.254. The first-order chi connectivity index (χ1) is 6.15. The van der Waals surface area contributed by atoms with E-state index in [1.54, 1.807) is 18.2 Å². The van der Waals surface area contributed by atoms with Crippen molar-refractivity contribution in [3.05, 3.63) is 22.7 Å². The van der Waals surface area contributed by atoms with Crippen molar-refractivity contribution in [2.75, 3.05) is 18.8 Å². The van der Waals surface area contributed by atoms with Gasteiger partial charge in [0, 0.05) is 17.3 Å². The molecule has 0 aliphatic rings. The number of halogens is 1. The summed E-state index contributed by atoms with van der Waals surface area (Å²) in [5.74, 6) is 0.172. The van der Waals surface area contributed by atoms with Crippen LogP contribution in [0.15, 0.2) is 27.6 Å². The first-order valence-electron chi connectivity index (χ1n) is 3.57. The standard InChI is InChI=1S/C8H10BrNO2S/c1-12-5-13(11)8-3-2-6(9)4-7(8)10/h2-4H,5,10H2,1H3. The van der Waals surface area contributed by atoms with Gasteiger partial charge in [0.2, 0.25) is 0 Å². The van der Waals surface area contributed by atoms with Crippen LogP contribution in [0.25, 0.3) is 0 Å². The topological polar surface area (TPSA) is 52.3 Å². The smallest absolute Gasteiger partial charge is 0.126 e. The Morgan fingerprint density at radius 1 is 1.62 bits per heavy atom. The van der Waals surface area contributed by atoms with Crippen LogP contribution >= 0.6 is 15.9 Å². The first-order valence-corrected chi connectivity index (χ1v) is 5.68. The Kier molecular flexibility index (Phi) is 3.90. The van der Waals surface area contributed by atoms with Crippen molar-refractivity contribution in [3.8, 4) is 0 Å². The maximum absolute atomic E-state index is 11.5. The Morgan fingerprint density at radius 3 is 2.85 bits per heavy atom. The average molecular weight is 264 g/mol. The summed E-state index contributed by atoms with van der Waals surface area (Å²) in [6.07, 6.45) is 0. The number of hydrogen-bond donors (Lipinski definition) is 1. The summed E-state index contributed by atoms with van der Waals surface area (Å²) in [6, 6.07) is 5.26. The molecule has 0 spiro atoms. The molecule has 0 fully saturated rings. The molecule has 1 unspecified atom stereocenters. The van der Waals surface area contributed by atoms with Gasteiger partial charge in [-0.05, 0) is 18.2 Å². The van der Waals surface area contributed by atoms with Gasteiger partial charge in [0.25, 0.3) is 0 Å². The fourth-order valence-corrected chi connectivity index (χ4v) is 2.16. The highest BCUT2D eigenvalue weighted by atomic mass is 79.9. The molecule has 0 heterocycles. The van der Waals surface area contributed by atoms with Gasteiger partial charge in [0.15, 0.2) is 0 Å². The van der Waals surface area contributed by atoms with Gasteiger partial charge in [-0.1, -0.05) is 15.9 Å². The second kappa shape index (κ2) is 4.74. The van der Waals surface area contributed by atoms with Crippen LogP contribution in [0.4, 0.5) is 5.69 Å². The number of benzene rings is 1. The molecule has 0 radical (unpaired) electrons. The van der Waals surface area contributed by atoms with Crippen molar-refractivity contribution >= 4 is 32.4 Å². The van der Waals surface area contributed by atoms with Crippen molar-refractivity contribution < 1.29 is 8.95 Å². The van der Waals surface area contributed by atoms with Gasteiger partial charge >= 0.3 is 0 Å². The van der Waals surface area contributed by atoms with Gasteiger partial charge in [0.1, 0.15) is 5.94 Å². The van der Waals surface area contributed by atoms with Crippen molar-refractivity contribution in [3.63, 3.8) is 0 Å². The summed E-state index contributed by atoms with van der Waals surface area (Å²) < 4.78 is 17.1. The molecule has 0 amide bonds. The summed E-state index contributed by atoms with van der Waals surface area (Å²) >= 11 is 3.27. The third-order valence-corrected chi connectivity index (χ3v) is 3.25. The minimum absolute atomic E-state index is 0.172. The molecule has 1 aromatic carbocycles. The van der Waals surface area contributed by atoms with Crippen LogP contribution in [0.2, 0.25) is 0 Å². The lowest BCUT2D eigenvalue weighted by atomic mass is 10.3. The molecule has 3 nitrogen and oxygen atoms in total. The molecule has 5 heteroatoms. The molecule has 13 heavy (non-hydrogen) atoms. The fraction of sp³-hybridized carbons (Fsp3) is 0.250. The molecular formula is C8H10BrNO2S. The van der Waals surface area contributed by atoms with Gasteiger partial charge in [-0.3, -0.25) is 4.21 Å². The van der Waals surface area contributed by atoms with Crippen molar-refractivity contribution in [1.29, 1.82) is 0 Å². The lowest BCUT2D eigenvalue weighted by Gasteiger charge is -2.04. The minimum atomic E-state index is -1.17. The maximum atomic E-state index is 11.5. The molecule has 1 aromatic rings. The number of nitrogen functional groups attached to an aromatic ring is 1. The summed E-state index contributed by atoms with van der Waals surface area (Å²) in [6.45, 7) is 0. The molecule has 0 aliphatic heterocycles. The van der Waals surface area contributed by atoms with Crippen LogP contribution < -0.4 is 5.73 Å². The molecule has 0 saturated heterocycles. The van der Waals surface area contributed by atoms with Crippen molar-refractivity contribution in [2.45, 2.75) is 4.90 Å². The van der Waals surface area contributed by atoms with E-state index in [2.05, 4.69) is 15.9 Å². The molecule has 0 bridgehead atoms. The predicted molar refractivity (Wildman–Crippen MR) is 56.8 cm³/mol. The minimum Gasteiger partial charge on any atom is -0.398 e. The van der Waals surface area contributed by atoms with Crippen LogP contribution in [0.3, 0.4) is 0 Å². The Hall–Kier alpha value is -0.390. The van der Waals surface area contributed by atoms with Crippen LogP contribution in [-0.4, -0.2) is 17.3 Å². The Morgan fingerprint density at radius 2 is 2.31 bits per heavy atom. The highest BCUT2D eigenvalue weighted by Gasteiger charge is 2.07. The monoisotopic (exact) mass is 263 g/mol. The fourth-order valence-electron chi connectivity index (χ4n) is 0.897. The maximum Gasteiger partial charge on any atom is 0.126 e. The Balaban J connectivity index is 2.95. The van der Waals surface area contributed by atoms with E-state index in [-0.39, 0.29) is 5.94 Å². The van der Waals surface area contributed by atoms with E-state index in [0.717, 1.165) is 4.47 Å². The molecule has 1 atom stereocenters. The highest BCUT2D eigenvalue weighted by molar-refractivity contribution is 9.10. The second-order valence-corrected chi connectivity index (χ2v) is 4.72. The number of rotatable bonds is 3. The largest absolute Gasteiger partial charge is 0.398 e. The Bertz CT molecular complexity index is 330. The van der Waals surface area contributed by atoms with Crippen LogP contribution in [0.1, 0.15) is 0 Å². The zero-order chi connectivity index (χ0) is 9.84. The molecule has 1 rings (SSSR count). The predicted octanol–water partition coefficient (Wildman–Crippen LogP) is 1.74. The lowest BCUT2D eigenvalue weighted by Crippen LogP contribution is -2.03. The van der Waals surface area contributed by atoms with Gasteiger partial charge in [-0.2, -0.15) is 0 Å². The van der Waals surface area contributed by atoms with E-state index in [0.29, 0.717) is 10.6 Å². The van der Waals surface area contributed by atoms with E-state index in [1.807, 2.05) is 0 Å². The SMILES string of the molecule is COCS(=O)c1ccc(Br)cc1N. The van der Waals surface area contributed by atoms with E-state index in [4.69, 9.17) is 10.5 Å². The summed E-state index contributed by atoms with van der Waals surface area (Å²) in [4.78, 5) is 0.616. The van der Waals surface area contributed by atoms with Crippen LogP contribution in [0.5, 0.6) is 0 Å². The number of hydrogen-bond acceptors (Lipinski definition) is 3. The second-order valence-electron chi connectivity index (χ2n) is 2.43. The zero-order valence-electron chi connectivity index (χ0n) is 7.12. The summed E-state index contributed by atoms with van der Waals surface area (Å²) in [5, 5.41) is 0. The third-order valence-electron chi connectivity index (χ3n) is 1.44. The Labute approximate surface area is 87.9 Å². The molecule has 2 N–H and O–H groups in total. The normalized spacial score (nSPS) is 12.8. The number of nitrogens with two attached hydrogens (primary N) is 1. The summed E-state index contributed by atoms with van der Waals surface area (Å²) in [7, 11) is 0.336. The summed E-state index contributed by atoms with van der Waals surface area (Å²) in [5.41, 5.74) is 6.19. The molecular weight excluding hydrogens is 254 g/mol. The van der Waals surface area contributed by atoms with E-state index in [1.165, 1.54) is 7.11 Å². The number of ether oxygens (including phenoxy) is 1. The zero-order valence-corrected chi connectivity index (χ0v) is 9.52. The number of methoxy groups -OCH3 is 1.